The normalized spacial score (nSPS) is 16.9. The maximum atomic E-state index is 12.3. The van der Waals surface area contributed by atoms with Crippen LogP contribution in [0.2, 0.25) is 0 Å². The zero-order valence-corrected chi connectivity index (χ0v) is 11.5. The van der Waals surface area contributed by atoms with Gasteiger partial charge >= 0.3 is 0 Å². The number of nitrogens with one attached hydrogen (secondary N) is 2. The minimum atomic E-state index is -0.215. The van der Waals surface area contributed by atoms with Gasteiger partial charge in [0.25, 0.3) is 5.91 Å². The molecule has 6 nitrogen and oxygen atoms in total. The summed E-state index contributed by atoms with van der Waals surface area (Å²) in [7, 11) is 0. The molecule has 108 valence electrons. The number of nitrogen functional groups attached to an aromatic ring is 1. The van der Waals surface area contributed by atoms with E-state index >= 15 is 0 Å². The van der Waals surface area contributed by atoms with Gasteiger partial charge in [-0.2, -0.15) is 0 Å². The van der Waals surface area contributed by atoms with Crippen LogP contribution < -0.4 is 16.6 Å². The molecule has 0 bridgehead atoms. The number of rotatable bonds is 3. The van der Waals surface area contributed by atoms with Crippen LogP contribution in [0.5, 0.6) is 0 Å². The molecule has 1 aromatic carbocycles. The van der Waals surface area contributed by atoms with Crippen molar-refractivity contribution in [2.45, 2.75) is 25.3 Å². The lowest BCUT2D eigenvalue weighted by Crippen LogP contribution is -2.31. The SMILES string of the molecule is NNc1ccc(C(=O)NC2CCCc3ccccc32)nn1. The van der Waals surface area contributed by atoms with Crippen LogP contribution in [0.4, 0.5) is 5.82 Å². The standard InChI is InChI=1S/C15H17N5O/c16-18-14-9-8-13(19-20-14)15(21)17-12-7-3-5-10-4-1-2-6-11(10)12/h1-2,4,6,8-9,12H,3,5,7,16H2,(H,17,21)(H,18,20). The van der Waals surface area contributed by atoms with Gasteiger partial charge in [0.15, 0.2) is 11.5 Å². The first-order valence-corrected chi connectivity index (χ1v) is 6.97. The third-order valence-electron chi connectivity index (χ3n) is 3.72. The monoisotopic (exact) mass is 283 g/mol. The van der Waals surface area contributed by atoms with Gasteiger partial charge in [-0.25, -0.2) is 5.84 Å². The van der Waals surface area contributed by atoms with Crippen molar-refractivity contribution in [3.8, 4) is 0 Å². The second-order valence-electron chi connectivity index (χ2n) is 5.07. The molecule has 1 atom stereocenters. The molecule has 0 fully saturated rings. The maximum absolute atomic E-state index is 12.3. The third-order valence-corrected chi connectivity index (χ3v) is 3.72. The van der Waals surface area contributed by atoms with Gasteiger partial charge < -0.3 is 10.7 Å². The highest BCUT2D eigenvalue weighted by molar-refractivity contribution is 5.92. The fourth-order valence-electron chi connectivity index (χ4n) is 2.67. The largest absolute Gasteiger partial charge is 0.344 e. The number of nitrogens with zero attached hydrogens (tertiary/aromatic N) is 2. The summed E-state index contributed by atoms with van der Waals surface area (Å²) in [5.41, 5.74) is 5.18. The molecule has 1 aliphatic rings. The molecule has 1 amide bonds. The molecule has 0 saturated carbocycles. The number of hydrogen-bond donors (Lipinski definition) is 3. The summed E-state index contributed by atoms with van der Waals surface area (Å²) in [6.07, 6.45) is 3.08. The Balaban J connectivity index is 1.76. The van der Waals surface area contributed by atoms with Crippen LogP contribution in [-0.2, 0) is 6.42 Å². The molecule has 1 aromatic heterocycles. The first kappa shape index (κ1) is 13.5. The van der Waals surface area contributed by atoms with E-state index in [1.54, 1.807) is 12.1 Å². The number of benzene rings is 1. The van der Waals surface area contributed by atoms with Gasteiger partial charge in [0.05, 0.1) is 6.04 Å². The minimum absolute atomic E-state index is 0.0385. The van der Waals surface area contributed by atoms with E-state index in [1.807, 2.05) is 12.1 Å². The number of anilines is 1. The summed E-state index contributed by atoms with van der Waals surface area (Å²) in [6.45, 7) is 0. The lowest BCUT2D eigenvalue weighted by atomic mass is 9.87. The number of aromatic nitrogens is 2. The maximum Gasteiger partial charge on any atom is 0.272 e. The second kappa shape index (κ2) is 5.88. The molecule has 21 heavy (non-hydrogen) atoms. The predicted octanol–water partition coefficient (Wildman–Crippen LogP) is 1.57. The van der Waals surface area contributed by atoms with E-state index < -0.39 is 0 Å². The van der Waals surface area contributed by atoms with Gasteiger partial charge in [-0.1, -0.05) is 24.3 Å². The molecule has 6 heteroatoms. The fourth-order valence-corrected chi connectivity index (χ4v) is 2.67. The van der Waals surface area contributed by atoms with Gasteiger partial charge in [0, 0.05) is 0 Å². The summed E-state index contributed by atoms with van der Waals surface area (Å²) in [6, 6.07) is 11.5. The Labute approximate surface area is 122 Å². The highest BCUT2D eigenvalue weighted by atomic mass is 16.2. The number of fused-ring (bicyclic) bond motifs is 1. The van der Waals surface area contributed by atoms with Gasteiger partial charge in [-0.15, -0.1) is 10.2 Å². The molecule has 0 spiro atoms. The van der Waals surface area contributed by atoms with E-state index in [-0.39, 0.29) is 17.6 Å². The van der Waals surface area contributed by atoms with E-state index in [9.17, 15) is 4.79 Å². The molecule has 0 radical (unpaired) electrons. The van der Waals surface area contributed by atoms with Crippen molar-refractivity contribution in [1.29, 1.82) is 0 Å². The van der Waals surface area contributed by atoms with Gasteiger partial charge in [0.2, 0.25) is 0 Å². The van der Waals surface area contributed by atoms with Crippen LogP contribution >= 0.6 is 0 Å². The quantitative estimate of drug-likeness (QED) is 0.587. The van der Waals surface area contributed by atoms with Crippen molar-refractivity contribution in [1.82, 2.24) is 15.5 Å². The van der Waals surface area contributed by atoms with Crippen LogP contribution in [0.25, 0.3) is 0 Å². The summed E-state index contributed by atoms with van der Waals surface area (Å²) in [4.78, 5) is 12.3. The zero-order chi connectivity index (χ0) is 14.7. The molecule has 1 heterocycles. The van der Waals surface area contributed by atoms with Crippen LogP contribution in [0.15, 0.2) is 36.4 Å². The molecule has 1 aliphatic carbocycles. The summed E-state index contributed by atoms with van der Waals surface area (Å²) in [5, 5.41) is 10.7. The molecule has 1 unspecified atom stereocenters. The van der Waals surface area contributed by atoms with Crippen molar-refractivity contribution in [3.05, 3.63) is 53.2 Å². The average molecular weight is 283 g/mol. The number of carbonyl (C=O) groups is 1. The number of hydrogen-bond acceptors (Lipinski definition) is 5. The Morgan fingerprint density at radius 2 is 2.05 bits per heavy atom. The van der Waals surface area contributed by atoms with E-state index in [0.29, 0.717) is 5.82 Å². The Bertz CT molecular complexity index is 641. The van der Waals surface area contributed by atoms with Crippen LogP contribution in [0.1, 0.15) is 40.5 Å². The van der Waals surface area contributed by atoms with Crippen LogP contribution in [0, 0.1) is 0 Å². The van der Waals surface area contributed by atoms with Gasteiger partial charge in [0.1, 0.15) is 0 Å². The zero-order valence-electron chi connectivity index (χ0n) is 11.5. The van der Waals surface area contributed by atoms with Gasteiger partial charge in [-0.3, -0.25) is 4.79 Å². The highest BCUT2D eigenvalue weighted by Crippen LogP contribution is 2.29. The van der Waals surface area contributed by atoms with Crippen molar-refractivity contribution < 1.29 is 4.79 Å². The Kier molecular flexibility index (Phi) is 3.79. The Morgan fingerprint density at radius 3 is 2.81 bits per heavy atom. The number of carbonyl (C=O) groups excluding carboxylic acids is 1. The minimum Gasteiger partial charge on any atom is -0.344 e. The Morgan fingerprint density at radius 1 is 1.19 bits per heavy atom. The number of amides is 1. The molecule has 4 N–H and O–H groups in total. The molecular weight excluding hydrogens is 266 g/mol. The smallest absolute Gasteiger partial charge is 0.272 e. The lowest BCUT2D eigenvalue weighted by Gasteiger charge is -2.26. The van der Waals surface area contributed by atoms with Crippen molar-refractivity contribution in [3.63, 3.8) is 0 Å². The molecule has 0 aliphatic heterocycles. The van der Waals surface area contributed by atoms with Crippen LogP contribution in [0.3, 0.4) is 0 Å². The average Bonchev–Trinajstić information content (AvgIpc) is 2.55. The van der Waals surface area contributed by atoms with E-state index in [0.717, 1.165) is 19.3 Å². The number of aryl methyl sites for hydroxylation is 1. The second-order valence-corrected chi connectivity index (χ2v) is 5.07. The molecule has 2 aromatic rings. The van der Waals surface area contributed by atoms with E-state index in [1.165, 1.54) is 11.1 Å². The number of hydrazine groups is 1. The van der Waals surface area contributed by atoms with Crippen LogP contribution in [-0.4, -0.2) is 16.1 Å². The summed E-state index contributed by atoms with van der Waals surface area (Å²) in [5.74, 6) is 5.44. The predicted molar refractivity (Wildman–Crippen MR) is 79.4 cm³/mol. The topological polar surface area (TPSA) is 92.9 Å². The van der Waals surface area contributed by atoms with Crippen molar-refractivity contribution in [2.24, 2.45) is 5.84 Å². The van der Waals surface area contributed by atoms with E-state index in [4.69, 9.17) is 5.84 Å². The highest BCUT2D eigenvalue weighted by Gasteiger charge is 2.22. The fraction of sp³-hybridized carbons (Fsp3) is 0.267. The third kappa shape index (κ3) is 2.85. The van der Waals surface area contributed by atoms with Gasteiger partial charge in [-0.05, 0) is 42.5 Å². The molecule has 0 saturated heterocycles. The first-order chi connectivity index (χ1) is 10.3. The van der Waals surface area contributed by atoms with E-state index in [2.05, 4.69) is 33.1 Å². The summed E-state index contributed by atoms with van der Waals surface area (Å²) >= 11 is 0. The number of nitrogens with two attached hydrogens (primary N) is 1. The lowest BCUT2D eigenvalue weighted by molar-refractivity contribution is 0.0926. The summed E-state index contributed by atoms with van der Waals surface area (Å²) < 4.78 is 0. The first-order valence-electron chi connectivity index (χ1n) is 6.97. The van der Waals surface area contributed by atoms with Crippen molar-refractivity contribution in [2.75, 3.05) is 5.43 Å². The van der Waals surface area contributed by atoms with Crippen molar-refractivity contribution >= 4 is 11.7 Å². The Hall–Kier alpha value is -2.47. The molecule has 3 rings (SSSR count). The molecular formula is C15H17N5O.